The average Bonchev–Trinajstić information content (AvgIpc) is 2.85. The summed E-state index contributed by atoms with van der Waals surface area (Å²) < 4.78 is 2.43. The van der Waals surface area contributed by atoms with Gasteiger partial charge >= 0.3 is 0 Å². The highest BCUT2D eigenvalue weighted by Crippen LogP contribution is 2.25. The summed E-state index contributed by atoms with van der Waals surface area (Å²) in [5, 5.41) is 3.42. The van der Waals surface area contributed by atoms with E-state index in [0.29, 0.717) is 6.04 Å². The van der Waals surface area contributed by atoms with E-state index in [1.165, 1.54) is 43.5 Å². The van der Waals surface area contributed by atoms with Gasteiger partial charge in [-0.15, -0.1) is 24.8 Å². The largest absolute Gasteiger partial charge is 0.330 e. The highest BCUT2D eigenvalue weighted by molar-refractivity contribution is 5.85. The Morgan fingerprint density at radius 2 is 2.06 bits per heavy atom. The molecule has 1 saturated heterocycles. The van der Waals surface area contributed by atoms with Gasteiger partial charge in [-0.1, -0.05) is 0 Å². The van der Waals surface area contributed by atoms with Gasteiger partial charge in [-0.3, -0.25) is 0 Å². The fourth-order valence-electron chi connectivity index (χ4n) is 2.68. The molecule has 1 N–H and O–H groups in total. The van der Waals surface area contributed by atoms with Gasteiger partial charge in [-0.25, -0.2) is 4.98 Å². The third-order valence-electron chi connectivity index (χ3n) is 3.49. The molecule has 1 fully saturated rings. The minimum Gasteiger partial charge on any atom is -0.330 e. The molecule has 1 unspecified atom stereocenters. The minimum absolute atomic E-state index is 0. The summed E-state index contributed by atoms with van der Waals surface area (Å²) in [6.45, 7) is 2.29. The van der Waals surface area contributed by atoms with Crippen molar-refractivity contribution in [1.29, 1.82) is 0 Å². The van der Waals surface area contributed by atoms with Crippen LogP contribution in [0.2, 0.25) is 0 Å². The predicted molar refractivity (Wildman–Crippen MR) is 69.9 cm³/mol. The summed E-state index contributed by atoms with van der Waals surface area (Å²) in [4.78, 5) is 4.54. The second-order valence-corrected chi connectivity index (χ2v) is 4.40. The Bertz CT molecular complexity index is 332. The molecule has 0 amide bonds. The lowest BCUT2D eigenvalue weighted by Crippen LogP contribution is -2.16. The fraction of sp³-hybridized carbons (Fsp3) is 0.727. The zero-order chi connectivity index (χ0) is 9.38. The number of aryl methyl sites for hydroxylation is 1. The number of rotatable bonds is 1. The van der Waals surface area contributed by atoms with Crippen LogP contribution in [0.4, 0.5) is 0 Å². The summed E-state index contributed by atoms with van der Waals surface area (Å²) in [7, 11) is 0. The van der Waals surface area contributed by atoms with Crippen molar-refractivity contribution < 1.29 is 0 Å². The monoisotopic (exact) mass is 263 g/mol. The Morgan fingerprint density at radius 3 is 2.81 bits per heavy atom. The lowest BCUT2D eigenvalue weighted by molar-refractivity contribution is 0.511. The summed E-state index contributed by atoms with van der Waals surface area (Å²) in [6, 6.07) is 0.671. The maximum Gasteiger partial charge on any atom is 0.0954 e. The average molecular weight is 264 g/mol. The normalized spacial score (nSPS) is 23.1. The molecule has 1 aliphatic heterocycles. The molecular weight excluding hydrogens is 245 g/mol. The molecule has 0 bridgehead atoms. The number of halogens is 2. The van der Waals surface area contributed by atoms with Crippen molar-refractivity contribution in [3.8, 4) is 0 Å². The first-order valence-corrected chi connectivity index (χ1v) is 5.70. The smallest absolute Gasteiger partial charge is 0.0954 e. The van der Waals surface area contributed by atoms with Crippen LogP contribution in [-0.2, 0) is 12.8 Å². The molecule has 3 nitrogen and oxygen atoms in total. The highest BCUT2D eigenvalue weighted by atomic mass is 35.5. The van der Waals surface area contributed by atoms with Crippen LogP contribution < -0.4 is 5.32 Å². The number of nitrogens with zero attached hydrogens (tertiary/aromatic N) is 2. The number of fused-ring (bicyclic) bond motifs is 1. The molecular formula is C11H19Cl2N3. The van der Waals surface area contributed by atoms with Gasteiger partial charge in [-0.05, 0) is 38.6 Å². The van der Waals surface area contributed by atoms with Gasteiger partial charge in [0.25, 0.3) is 0 Å². The van der Waals surface area contributed by atoms with Crippen LogP contribution in [0, 0.1) is 0 Å². The number of imidazole rings is 1. The van der Waals surface area contributed by atoms with Crippen molar-refractivity contribution in [2.75, 3.05) is 13.1 Å². The Balaban J connectivity index is 0.000000640. The Labute approximate surface area is 109 Å². The molecule has 0 saturated carbocycles. The number of hydrogen-bond acceptors (Lipinski definition) is 2. The first-order valence-electron chi connectivity index (χ1n) is 5.70. The Hall–Kier alpha value is -0.250. The molecule has 1 atom stereocenters. The number of aromatic nitrogens is 2. The molecule has 1 aromatic heterocycles. The molecule has 16 heavy (non-hydrogen) atoms. The summed E-state index contributed by atoms with van der Waals surface area (Å²) in [6.07, 6.45) is 8.44. The zero-order valence-electron chi connectivity index (χ0n) is 9.32. The second-order valence-electron chi connectivity index (χ2n) is 4.40. The highest BCUT2D eigenvalue weighted by Gasteiger charge is 2.22. The maximum absolute atomic E-state index is 4.54. The molecule has 1 aromatic rings. The van der Waals surface area contributed by atoms with E-state index in [4.69, 9.17) is 0 Å². The van der Waals surface area contributed by atoms with Crippen LogP contribution in [0.1, 0.15) is 36.7 Å². The van der Waals surface area contributed by atoms with Gasteiger partial charge in [0.05, 0.1) is 12.0 Å². The first kappa shape index (κ1) is 13.8. The molecule has 5 heteroatoms. The fourth-order valence-corrected chi connectivity index (χ4v) is 2.68. The van der Waals surface area contributed by atoms with E-state index in [9.17, 15) is 0 Å². The lowest BCUT2D eigenvalue weighted by Gasteiger charge is -2.18. The van der Waals surface area contributed by atoms with Gasteiger partial charge in [0.2, 0.25) is 0 Å². The lowest BCUT2D eigenvalue weighted by atomic mass is 10.0. The SMILES string of the molecule is Cl.Cl.c1nc2c(n1C1CCNC1)CCCC2. The van der Waals surface area contributed by atoms with E-state index < -0.39 is 0 Å². The van der Waals surface area contributed by atoms with E-state index in [1.807, 2.05) is 0 Å². The van der Waals surface area contributed by atoms with Gasteiger partial charge in [0, 0.05) is 18.3 Å². The Morgan fingerprint density at radius 1 is 1.25 bits per heavy atom. The van der Waals surface area contributed by atoms with Gasteiger partial charge in [0.1, 0.15) is 0 Å². The van der Waals surface area contributed by atoms with Crippen molar-refractivity contribution >= 4 is 24.8 Å². The second kappa shape index (κ2) is 5.89. The molecule has 3 rings (SSSR count). The van der Waals surface area contributed by atoms with Crippen LogP contribution >= 0.6 is 24.8 Å². The molecule has 92 valence electrons. The minimum atomic E-state index is 0. The van der Waals surface area contributed by atoms with Crippen molar-refractivity contribution in [3.05, 3.63) is 17.7 Å². The van der Waals surface area contributed by atoms with Crippen molar-refractivity contribution in [3.63, 3.8) is 0 Å². The summed E-state index contributed by atoms with van der Waals surface area (Å²) in [5.41, 5.74) is 2.88. The van der Waals surface area contributed by atoms with Crippen LogP contribution in [0.3, 0.4) is 0 Å². The van der Waals surface area contributed by atoms with Crippen molar-refractivity contribution in [2.24, 2.45) is 0 Å². The number of nitrogens with one attached hydrogen (secondary N) is 1. The maximum atomic E-state index is 4.54. The van der Waals surface area contributed by atoms with Crippen molar-refractivity contribution in [1.82, 2.24) is 14.9 Å². The van der Waals surface area contributed by atoms with Crippen molar-refractivity contribution in [2.45, 2.75) is 38.1 Å². The predicted octanol–water partition coefficient (Wildman–Crippen LogP) is 2.14. The first-order chi connectivity index (χ1) is 6.95. The van der Waals surface area contributed by atoms with E-state index in [-0.39, 0.29) is 24.8 Å². The topological polar surface area (TPSA) is 29.9 Å². The molecule has 2 heterocycles. The Kier molecular flexibility index (Phi) is 5.09. The van der Waals surface area contributed by atoms with Crippen LogP contribution in [0.5, 0.6) is 0 Å². The molecule has 0 aromatic carbocycles. The standard InChI is InChI=1S/C11H17N3.2ClH/c1-2-4-11-10(3-1)13-8-14(11)9-5-6-12-7-9;;/h8-9,12H,1-7H2;2*1H. The summed E-state index contributed by atoms with van der Waals surface area (Å²) in [5.74, 6) is 0. The van der Waals surface area contributed by atoms with E-state index in [2.05, 4.69) is 21.2 Å². The molecule has 2 aliphatic rings. The van der Waals surface area contributed by atoms with Crippen LogP contribution in [-0.4, -0.2) is 22.6 Å². The third kappa shape index (κ3) is 2.36. The van der Waals surface area contributed by atoms with Crippen LogP contribution in [0.15, 0.2) is 6.33 Å². The van der Waals surface area contributed by atoms with E-state index in [0.717, 1.165) is 13.1 Å². The quantitative estimate of drug-likeness (QED) is 0.842. The third-order valence-corrected chi connectivity index (χ3v) is 3.49. The van der Waals surface area contributed by atoms with Crippen LogP contribution in [0.25, 0.3) is 0 Å². The van der Waals surface area contributed by atoms with Gasteiger partial charge in [-0.2, -0.15) is 0 Å². The molecule has 1 aliphatic carbocycles. The summed E-state index contributed by atoms with van der Waals surface area (Å²) >= 11 is 0. The number of hydrogen-bond donors (Lipinski definition) is 1. The molecule has 0 spiro atoms. The zero-order valence-corrected chi connectivity index (χ0v) is 10.9. The van der Waals surface area contributed by atoms with Gasteiger partial charge in [0.15, 0.2) is 0 Å². The van der Waals surface area contributed by atoms with Gasteiger partial charge < -0.3 is 9.88 Å². The van der Waals surface area contributed by atoms with E-state index in [1.54, 1.807) is 0 Å². The molecule has 0 radical (unpaired) electrons. The van der Waals surface area contributed by atoms with E-state index >= 15 is 0 Å².